The predicted molar refractivity (Wildman–Crippen MR) is 110 cm³/mol. The number of hydrogen-bond acceptors (Lipinski definition) is 3. The van der Waals surface area contributed by atoms with E-state index in [-0.39, 0.29) is 24.2 Å². The molecule has 1 aromatic heterocycles. The lowest BCUT2D eigenvalue weighted by molar-refractivity contribution is -0.126. The van der Waals surface area contributed by atoms with E-state index >= 15 is 0 Å². The van der Waals surface area contributed by atoms with Gasteiger partial charge in [-0.15, -0.1) is 0 Å². The van der Waals surface area contributed by atoms with Crippen molar-refractivity contribution < 1.29 is 18.4 Å². The zero-order chi connectivity index (χ0) is 21.8. The summed E-state index contributed by atoms with van der Waals surface area (Å²) in [5.41, 5.74) is 1.09. The summed E-state index contributed by atoms with van der Waals surface area (Å²) >= 11 is 0. The van der Waals surface area contributed by atoms with Crippen molar-refractivity contribution in [1.82, 2.24) is 20.2 Å². The van der Waals surface area contributed by atoms with E-state index in [1.807, 2.05) is 0 Å². The van der Waals surface area contributed by atoms with Gasteiger partial charge in [0.05, 0.1) is 5.92 Å². The lowest BCUT2D eigenvalue weighted by Crippen LogP contribution is -2.46. The summed E-state index contributed by atoms with van der Waals surface area (Å²) in [6, 6.07) is 10.7. The van der Waals surface area contributed by atoms with Crippen LogP contribution in [-0.2, 0) is 4.79 Å². The van der Waals surface area contributed by atoms with E-state index in [9.17, 15) is 18.4 Å². The maximum Gasteiger partial charge on any atom is 0.253 e. The smallest absolute Gasteiger partial charge is 0.253 e. The number of aromatic nitrogens is 2. The molecule has 0 spiro atoms. The van der Waals surface area contributed by atoms with Crippen LogP contribution in [0.4, 0.5) is 8.78 Å². The molecule has 4 rings (SSSR count). The fourth-order valence-electron chi connectivity index (χ4n) is 3.81. The van der Waals surface area contributed by atoms with Crippen molar-refractivity contribution >= 4 is 11.8 Å². The average Bonchev–Trinajstić information content (AvgIpc) is 3.33. The van der Waals surface area contributed by atoms with Gasteiger partial charge in [0.2, 0.25) is 5.91 Å². The summed E-state index contributed by atoms with van der Waals surface area (Å²) in [4.78, 5) is 34.7. The first-order chi connectivity index (χ1) is 15.0. The summed E-state index contributed by atoms with van der Waals surface area (Å²) in [6.45, 7) is 0.815. The average molecular weight is 424 g/mol. The van der Waals surface area contributed by atoms with Crippen molar-refractivity contribution in [3.05, 3.63) is 89.5 Å². The van der Waals surface area contributed by atoms with E-state index < -0.39 is 17.8 Å². The summed E-state index contributed by atoms with van der Waals surface area (Å²) in [5.74, 6) is -1.06. The highest BCUT2D eigenvalue weighted by Crippen LogP contribution is 2.23. The molecule has 2 N–H and O–H groups in total. The van der Waals surface area contributed by atoms with Crippen molar-refractivity contribution in [2.75, 3.05) is 13.1 Å². The van der Waals surface area contributed by atoms with Gasteiger partial charge < -0.3 is 15.2 Å². The minimum atomic E-state index is -0.564. The SMILES string of the molecule is O=C(NC(c1ccc(F)cc1)c1ncc[nH]1)C1CCCN(C(=O)c2ccc(F)cc2)C1. The lowest BCUT2D eigenvalue weighted by atomic mass is 9.95. The van der Waals surface area contributed by atoms with Crippen molar-refractivity contribution in [2.24, 2.45) is 5.92 Å². The number of aromatic amines is 1. The van der Waals surface area contributed by atoms with Gasteiger partial charge >= 0.3 is 0 Å². The number of imidazole rings is 1. The van der Waals surface area contributed by atoms with Gasteiger partial charge in [-0.1, -0.05) is 12.1 Å². The molecule has 31 heavy (non-hydrogen) atoms. The van der Waals surface area contributed by atoms with Crippen LogP contribution >= 0.6 is 0 Å². The number of amides is 2. The van der Waals surface area contributed by atoms with Crippen LogP contribution < -0.4 is 5.32 Å². The van der Waals surface area contributed by atoms with Gasteiger partial charge in [-0.05, 0) is 54.8 Å². The van der Waals surface area contributed by atoms with E-state index in [1.165, 1.54) is 36.4 Å². The van der Waals surface area contributed by atoms with E-state index in [0.29, 0.717) is 36.3 Å². The molecule has 160 valence electrons. The van der Waals surface area contributed by atoms with Gasteiger partial charge in [-0.2, -0.15) is 0 Å². The molecule has 2 unspecified atom stereocenters. The normalized spacial score (nSPS) is 17.2. The largest absolute Gasteiger partial charge is 0.347 e. The zero-order valence-electron chi connectivity index (χ0n) is 16.7. The first-order valence-corrected chi connectivity index (χ1v) is 10.1. The summed E-state index contributed by atoms with van der Waals surface area (Å²) in [7, 11) is 0. The first-order valence-electron chi connectivity index (χ1n) is 10.1. The van der Waals surface area contributed by atoms with Crippen LogP contribution in [0.2, 0.25) is 0 Å². The molecule has 2 atom stereocenters. The summed E-state index contributed by atoms with van der Waals surface area (Å²) in [6.07, 6.45) is 4.57. The molecular formula is C23H22F2N4O2. The van der Waals surface area contributed by atoms with Gasteiger partial charge in [0.25, 0.3) is 5.91 Å². The second-order valence-electron chi connectivity index (χ2n) is 7.56. The molecule has 1 aliphatic heterocycles. The molecule has 8 heteroatoms. The molecule has 0 saturated carbocycles. The monoisotopic (exact) mass is 424 g/mol. The molecule has 1 saturated heterocycles. The van der Waals surface area contributed by atoms with Crippen molar-refractivity contribution in [3.8, 4) is 0 Å². The fourth-order valence-corrected chi connectivity index (χ4v) is 3.81. The fraction of sp³-hybridized carbons (Fsp3) is 0.261. The number of rotatable bonds is 5. The minimum Gasteiger partial charge on any atom is -0.347 e. The summed E-state index contributed by atoms with van der Waals surface area (Å²) in [5, 5.41) is 2.99. The van der Waals surface area contributed by atoms with Gasteiger partial charge in [0.15, 0.2) is 0 Å². The number of nitrogens with zero attached hydrogens (tertiary/aromatic N) is 2. The number of nitrogens with one attached hydrogen (secondary N) is 2. The third kappa shape index (κ3) is 4.79. The zero-order valence-corrected chi connectivity index (χ0v) is 16.7. The Morgan fingerprint density at radius 3 is 2.39 bits per heavy atom. The Morgan fingerprint density at radius 2 is 1.74 bits per heavy atom. The third-order valence-corrected chi connectivity index (χ3v) is 5.45. The standard InChI is InChI=1S/C23H22F2N4O2/c24-18-7-3-15(4-8-18)20(21-26-11-12-27-21)28-22(30)17-2-1-13-29(14-17)23(31)16-5-9-19(25)10-6-16/h3-12,17,20H,1-2,13-14H2,(H,26,27)(H,28,30). The molecule has 1 fully saturated rings. The van der Waals surface area contributed by atoms with Crippen LogP contribution in [0.5, 0.6) is 0 Å². The first kappa shape index (κ1) is 20.7. The Bertz CT molecular complexity index is 1040. The van der Waals surface area contributed by atoms with E-state index in [2.05, 4.69) is 15.3 Å². The number of likely N-dealkylation sites (tertiary alicyclic amines) is 1. The Labute approximate surface area is 178 Å². The van der Waals surface area contributed by atoms with E-state index in [4.69, 9.17) is 0 Å². The van der Waals surface area contributed by atoms with Crippen LogP contribution in [0.15, 0.2) is 60.9 Å². The molecule has 3 aromatic rings. The quantitative estimate of drug-likeness (QED) is 0.659. The molecule has 2 heterocycles. The number of carbonyl (C=O) groups excluding carboxylic acids is 2. The van der Waals surface area contributed by atoms with Gasteiger partial charge in [0, 0.05) is 31.0 Å². The lowest BCUT2D eigenvalue weighted by Gasteiger charge is -2.33. The van der Waals surface area contributed by atoms with Crippen LogP contribution in [0.1, 0.15) is 40.6 Å². The van der Waals surface area contributed by atoms with Gasteiger partial charge in [-0.3, -0.25) is 9.59 Å². The Balaban J connectivity index is 1.47. The number of carbonyl (C=O) groups is 2. The molecular weight excluding hydrogens is 402 g/mol. The Hall–Kier alpha value is -3.55. The van der Waals surface area contributed by atoms with E-state index in [1.54, 1.807) is 29.4 Å². The number of H-pyrrole nitrogens is 1. The van der Waals surface area contributed by atoms with Gasteiger partial charge in [0.1, 0.15) is 23.5 Å². The Kier molecular flexibility index (Phi) is 6.06. The van der Waals surface area contributed by atoms with Crippen LogP contribution in [0.3, 0.4) is 0 Å². The highest BCUT2D eigenvalue weighted by atomic mass is 19.1. The van der Waals surface area contributed by atoms with Crippen LogP contribution in [-0.4, -0.2) is 39.8 Å². The molecule has 0 aliphatic carbocycles. The van der Waals surface area contributed by atoms with E-state index in [0.717, 1.165) is 0 Å². The van der Waals surface area contributed by atoms with Crippen molar-refractivity contribution in [1.29, 1.82) is 0 Å². The molecule has 1 aliphatic rings. The molecule has 0 bridgehead atoms. The second-order valence-corrected chi connectivity index (χ2v) is 7.56. The van der Waals surface area contributed by atoms with Crippen molar-refractivity contribution in [2.45, 2.75) is 18.9 Å². The molecule has 0 radical (unpaired) electrons. The number of piperidine rings is 1. The maximum absolute atomic E-state index is 13.4. The summed E-state index contributed by atoms with van der Waals surface area (Å²) < 4.78 is 26.5. The molecule has 2 amide bonds. The maximum atomic E-state index is 13.4. The highest BCUT2D eigenvalue weighted by Gasteiger charge is 2.31. The topological polar surface area (TPSA) is 78.1 Å². The van der Waals surface area contributed by atoms with Crippen LogP contribution in [0, 0.1) is 17.6 Å². The molecule has 2 aromatic carbocycles. The molecule has 6 nitrogen and oxygen atoms in total. The Morgan fingerprint density at radius 1 is 1.06 bits per heavy atom. The third-order valence-electron chi connectivity index (χ3n) is 5.45. The van der Waals surface area contributed by atoms with Crippen molar-refractivity contribution in [3.63, 3.8) is 0 Å². The highest BCUT2D eigenvalue weighted by molar-refractivity contribution is 5.94. The van der Waals surface area contributed by atoms with Crippen LogP contribution in [0.25, 0.3) is 0 Å². The van der Waals surface area contributed by atoms with Gasteiger partial charge in [-0.25, -0.2) is 13.8 Å². The number of benzene rings is 2. The second kappa shape index (κ2) is 9.07. The number of halogens is 2. The minimum absolute atomic E-state index is 0.206. The predicted octanol–water partition coefficient (Wildman–Crippen LogP) is 3.45. The number of hydrogen-bond donors (Lipinski definition) is 2.